The monoisotopic (exact) mass is 299 g/mol. The molecule has 0 unspecified atom stereocenters. The summed E-state index contributed by atoms with van der Waals surface area (Å²) in [4.78, 5) is 15.3. The first kappa shape index (κ1) is 15.6. The number of guanidine groups is 1. The largest absolute Gasteiger partial charge is 0.366 e. The predicted molar refractivity (Wildman–Crippen MR) is 87.6 cm³/mol. The van der Waals surface area contributed by atoms with E-state index in [1.165, 1.54) is 0 Å². The molecule has 0 saturated heterocycles. The van der Waals surface area contributed by atoms with Crippen LogP contribution in [-0.2, 0) is 13.1 Å². The maximum Gasteiger partial charge on any atom is 0.248 e. The smallest absolute Gasteiger partial charge is 0.248 e. The van der Waals surface area contributed by atoms with E-state index >= 15 is 0 Å². The molecule has 1 aromatic carbocycles. The van der Waals surface area contributed by atoms with E-state index in [-0.39, 0.29) is 0 Å². The molecule has 1 aromatic heterocycles. The maximum absolute atomic E-state index is 11.2. The molecular weight excluding hydrogens is 278 g/mol. The zero-order valence-corrected chi connectivity index (χ0v) is 12.6. The molecular formula is C16H21N5O. The van der Waals surface area contributed by atoms with E-state index in [2.05, 4.69) is 20.2 Å². The molecule has 0 radical (unpaired) electrons. The fourth-order valence-electron chi connectivity index (χ4n) is 2.06. The quantitative estimate of drug-likeness (QED) is 0.548. The third kappa shape index (κ3) is 4.66. The van der Waals surface area contributed by atoms with Crippen molar-refractivity contribution in [3.8, 4) is 0 Å². The second-order valence-corrected chi connectivity index (χ2v) is 4.84. The summed E-state index contributed by atoms with van der Waals surface area (Å²) >= 11 is 0. The van der Waals surface area contributed by atoms with Gasteiger partial charge < -0.3 is 20.9 Å². The lowest BCUT2D eigenvalue weighted by atomic mass is 10.1. The van der Waals surface area contributed by atoms with Crippen LogP contribution < -0.4 is 16.4 Å². The van der Waals surface area contributed by atoms with Crippen LogP contribution in [0.4, 0.5) is 0 Å². The number of primary amides is 1. The van der Waals surface area contributed by atoms with E-state index in [0.29, 0.717) is 12.1 Å². The zero-order chi connectivity index (χ0) is 15.8. The summed E-state index contributed by atoms with van der Waals surface area (Å²) < 4.78 is 2.09. The molecule has 0 bridgehead atoms. The molecule has 2 rings (SSSR count). The number of benzene rings is 1. The number of nitrogens with two attached hydrogens (primary N) is 1. The number of carbonyl (C=O) groups is 1. The van der Waals surface area contributed by atoms with Gasteiger partial charge in [-0.25, -0.2) is 0 Å². The molecule has 0 saturated carbocycles. The Labute approximate surface area is 130 Å². The summed E-state index contributed by atoms with van der Waals surface area (Å²) in [6.45, 7) is 2.21. The third-order valence-corrected chi connectivity index (χ3v) is 3.22. The van der Waals surface area contributed by atoms with Gasteiger partial charge in [0.05, 0.1) is 0 Å². The van der Waals surface area contributed by atoms with Crippen LogP contribution in [-0.4, -0.2) is 30.0 Å². The molecule has 2 aromatic rings. The molecule has 0 aliphatic carbocycles. The highest BCUT2D eigenvalue weighted by Gasteiger charge is 2.02. The van der Waals surface area contributed by atoms with Gasteiger partial charge in [-0.2, -0.15) is 0 Å². The number of aliphatic imine (C=N–C) groups is 1. The second kappa shape index (κ2) is 7.87. The Morgan fingerprint density at radius 2 is 2.00 bits per heavy atom. The maximum atomic E-state index is 11.2. The van der Waals surface area contributed by atoms with E-state index < -0.39 is 5.91 Å². The Bertz CT molecular complexity index is 634. The van der Waals surface area contributed by atoms with Crippen molar-refractivity contribution in [2.24, 2.45) is 10.7 Å². The summed E-state index contributed by atoms with van der Waals surface area (Å²) in [6, 6.07) is 11.2. The number of nitrogens with one attached hydrogen (secondary N) is 2. The Hall–Kier alpha value is -2.76. The van der Waals surface area contributed by atoms with Crippen molar-refractivity contribution in [3.05, 3.63) is 59.9 Å². The Kier molecular flexibility index (Phi) is 5.59. The molecule has 1 heterocycles. The Balaban J connectivity index is 1.81. The van der Waals surface area contributed by atoms with Gasteiger partial charge in [-0.3, -0.25) is 9.79 Å². The number of hydrogen-bond acceptors (Lipinski definition) is 2. The molecule has 0 aliphatic rings. The lowest BCUT2D eigenvalue weighted by molar-refractivity contribution is 0.1000. The first-order valence-corrected chi connectivity index (χ1v) is 7.13. The van der Waals surface area contributed by atoms with Crippen LogP contribution >= 0.6 is 0 Å². The van der Waals surface area contributed by atoms with Gasteiger partial charge in [0.25, 0.3) is 0 Å². The summed E-state index contributed by atoms with van der Waals surface area (Å²) in [5, 5.41) is 6.45. The summed E-state index contributed by atoms with van der Waals surface area (Å²) in [5.41, 5.74) is 6.76. The van der Waals surface area contributed by atoms with Crippen LogP contribution in [0.3, 0.4) is 0 Å². The first-order chi connectivity index (χ1) is 10.7. The molecule has 6 nitrogen and oxygen atoms in total. The molecule has 0 aliphatic heterocycles. The van der Waals surface area contributed by atoms with Gasteiger partial charge in [0.1, 0.15) is 0 Å². The fraction of sp³-hybridized carbons (Fsp3) is 0.250. The fourth-order valence-corrected chi connectivity index (χ4v) is 2.06. The van der Waals surface area contributed by atoms with Crippen molar-refractivity contribution < 1.29 is 4.79 Å². The molecule has 0 atom stereocenters. The minimum Gasteiger partial charge on any atom is -0.366 e. The predicted octanol–water partition coefficient (Wildman–Crippen LogP) is 0.952. The molecule has 6 heteroatoms. The Morgan fingerprint density at radius 3 is 2.68 bits per heavy atom. The molecule has 22 heavy (non-hydrogen) atoms. The number of rotatable bonds is 6. The topological polar surface area (TPSA) is 84.4 Å². The van der Waals surface area contributed by atoms with Crippen molar-refractivity contribution in [2.75, 3.05) is 13.6 Å². The summed E-state index contributed by atoms with van der Waals surface area (Å²) in [6.07, 6.45) is 4.04. The highest BCUT2D eigenvalue weighted by atomic mass is 16.1. The number of amides is 1. The SMILES string of the molecule is CN=C(NCCn1cccc1)NCc1cccc(C(N)=O)c1. The van der Waals surface area contributed by atoms with Crippen molar-refractivity contribution in [1.29, 1.82) is 0 Å². The van der Waals surface area contributed by atoms with Crippen molar-refractivity contribution >= 4 is 11.9 Å². The van der Waals surface area contributed by atoms with Gasteiger partial charge >= 0.3 is 0 Å². The highest BCUT2D eigenvalue weighted by molar-refractivity contribution is 5.92. The van der Waals surface area contributed by atoms with Gasteiger partial charge in [0, 0.05) is 44.6 Å². The molecule has 1 amide bonds. The second-order valence-electron chi connectivity index (χ2n) is 4.84. The van der Waals surface area contributed by atoms with E-state index in [9.17, 15) is 4.79 Å². The van der Waals surface area contributed by atoms with Gasteiger partial charge in [-0.1, -0.05) is 12.1 Å². The number of nitrogens with zero attached hydrogens (tertiary/aromatic N) is 2. The van der Waals surface area contributed by atoms with Crippen molar-refractivity contribution in [1.82, 2.24) is 15.2 Å². The minimum atomic E-state index is -0.420. The lowest BCUT2D eigenvalue weighted by Gasteiger charge is -2.12. The van der Waals surface area contributed by atoms with Gasteiger partial charge in [-0.15, -0.1) is 0 Å². The summed E-state index contributed by atoms with van der Waals surface area (Å²) in [7, 11) is 1.73. The normalized spacial score (nSPS) is 11.2. The summed E-state index contributed by atoms with van der Waals surface area (Å²) in [5.74, 6) is 0.299. The number of carbonyl (C=O) groups excluding carboxylic acids is 1. The first-order valence-electron chi connectivity index (χ1n) is 7.13. The standard InChI is InChI=1S/C16H21N5O/c1-18-16(19-7-10-21-8-2-3-9-21)20-12-13-5-4-6-14(11-13)15(17)22/h2-6,8-9,11H,7,10,12H2,1H3,(H2,17,22)(H2,18,19,20). The van der Waals surface area contributed by atoms with E-state index in [4.69, 9.17) is 5.73 Å². The van der Waals surface area contributed by atoms with Crippen LogP contribution in [0.25, 0.3) is 0 Å². The van der Waals surface area contributed by atoms with Crippen LogP contribution in [0.5, 0.6) is 0 Å². The van der Waals surface area contributed by atoms with Crippen LogP contribution in [0.2, 0.25) is 0 Å². The van der Waals surface area contributed by atoms with Crippen molar-refractivity contribution in [2.45, 2.75) is 13.1 Å². The van der Waals surface area contributed by atoms with Gasteiger partial charge in [0.15, 0.2) is 5.96 Å². The van der Waals surface area contributed by atoms with E-state index in [1.54, 1.807) is 19.2 Å². The van der Waals surface area contributed by atoms with Crippen molar-refractivity contribution in [3.63, 3.8) is 0 Å². The highest BCUT2D eigenvalue weighted by Crippen LogP contribution is 2.04. The Morgan fingerprint density at radius 1 is 1.23 bits per heavy atom. The molecule has 0 fully saturated rings. The number of aromatic nitrogens is 1. The number of hydrogen-bond donors (Lipinski definition) is 3. The van der Waals surface area contributed by atoms with E-state index in [0.717, 1.165) is 24.6 Å². The van der Waals surface area contributed by atoms with Gasteiger partial charge in [0.2, 0.25) is 5.91 Å². The average Bonchev–Trinajstić information content (AvgIpc) is 3.04. The average molecular weight is 299 g/mol. The zero-order valence-electron chi connectivity index (χ0n) is 12.6. The van der Waals surface area contributed by atoms with Crippen LogP contribution in [0, 0.1) is 0 Å². The molecule has 4 N–H and O–H groups in total. The van der Waals surface area contributed by atoms with E-state index in [1.807, 2.05) is 36.7 Å². The lowest BCUT2D eigenvalue weighted by Crippen LogP contribution is -2.38. The molecule has 0 spiro atoms. The van der Waals surface area contributed by atoms with Crippen LogP contribution in [0.15, 0.2) is 53.8 Å². The minimum absolute atomic E-state index is 0.420. The molecule has 116 valence electrons. The third-order valence-electron chi connectivity index (χ3n) is 3.22. The van der Waals surface area contributed by atoms with Crippen LogP contribution in [0.1, 0.15) is 15.9 Å². The van der Waals surface area contributed by atoms with Gasteiger partial charge in [-0.05, 0) is 29.8 Å².